The first-order valence-electron chi connectivity index (χ1n) is 15.2. The van der Waals surface area contributed by atoms with Gasteiger partial charge in [-0.2, -0.15) is 4.90 Å². The number of aryl methyl sites for hydroxylation is 1. The lowest BCUT2D eigenvalue weighted by Gasteiger charge is -2.43. The van der Waals surface area contributed by atoms with Crippen LogP contribution in [0.1, 0.15) is 42.1 Å². The molecular weight excluding hydrogens is 596 g/mol. The maximum Gasteiger partial charge on any atom is 0.422 e. The highest BCUT2D eigenvalue weighted by Gasteiger charge is 2.43. The quantitative estimate of drug-likeness (QED) is 0.310. The van der Waals surface area contributed by atoms with E-state index < -0.39 is 35.8 Å². The predicted molar refractivity (Wildman–Crippen MR) is 167 cm³/mol. The fraction of sp³-hybridized carbons (Fsp3) is 0.382. The third kappa shape index (κ3) is 6.54. The zero-order chi connectivity index (χ0) is 32.8. The maximum absolute atomic E-state index is 14.2. The van der Waals surface area contributed by atoms with E-state index in [1.165, 1.54) is 30.5 Å². The van der Waals surface area contributed by atoms with E-state index in [0.717, 1.165) is 56.6 Å². The monoisotopic (exact) mass is 635 g/mol. The minimum Gasteiger partial charge on any atom is -0.452 e. The summed E-state index contributed by atoms with van der Waals surface area (Å²) in [5.74, 6) is -2.20. The average molecular weight is 636 g/mol. The van der Waals surface area contributed by atoms with Crippen LogP contribution in [0.15, 0.2) is 78.6 Å². The zero-order valence-electron chi connectivity index (χ0n) is 26.2. The van der Waals surface area contributed by atoms with Crippen LogP contribution in [0, 0.1) is 11.6 Å². The summed E-state index contributed by atoms with van der Waals surface area (Å²) in [6.45, 7) is 2.56. The van der Waals surface area contributed by atoms with E-state index in [4.69, 9.17) is 9.47 Å². The van der Waals surface area contributed by atoms with Crippen molar-refractivity contribution in [1.82, 2.24) is 24.6 Å². The molecule has 5 amide bonds. The summed E-state index contributed by atoms with van der Waals surface area (Å²) in [6, 6.07) is 15.1. The van der Waals surface area contributed by atoms with E-state index in [0.29, 0.717) is 11.3 Å². The van der Waals surface area contributed by atoms with Crippen molar-refractivity contribution < 1.29 is 32.6 Å². The molecule has 1 saturated heterocycles. The number of methoxy groups -OCH3 is 2. The van der Waals surface area contributed by atoms with Crippen molar-refractivity contribution >= 4 is 18.2 Å². The number of amides is 5. The molecule has 10 nitrogen and oxygen atoms in total. The Morgan fingerprint density at radius 1 is 1.00 bits per heavy atom. The molecule has 12 heteroatoms. The molecule has 2 aliphatic rings. The standard InChI is InChI=1S/C34H39F2N5O5/c1-38-17-7-11-30(38)34(25-9-5-4-6-10-25)14-19-39(20-15-34)18-8-16-37-31(42)41-29(24-12-13-27(35)28(36)21-24)22-26(23-45-2)40(32(41)43)33(44)46-3/h4-7,9-13,17,21-22,29H,8,14-16,18-20,23H2,1-3H3,(H,37,42). The molecule has 46 heavy (non-hydrogen) atoms. The van der Waals surface area contributed by atoms with Gasteiger partial charge in [-0.25, -0.2) is 28.1 Å². The maximum atomic E-state index is 14.2. The van der Waals surface area contributed by atoms with Gasteiger partial charge in [-0.1, -0.05) is 36.4 Å². The third-order valence-corrected chi connectivity index (χ3v) is 8.86. The Balaban J connectivity index is 1.25. The van der Waals surface area contributed by atoms with E-state index in [9.17, 15) is 23.2 Å². The topological polar surface area (TPSA) is 96.4 Å². The smallest absolute Gasteiger partial charge is 0.422 e. The van der Waals surface area contributed by atoms with Crippen LogP contribution in [0.4, 0.5) is 23.2 Å². The van der Waals surface area contributed by atoms with Crippen LogP contribution < -0.4 is 5.32 Å². The fourth-order valence-electron chi connectivity index (χ4n) is 6.53. The molecule has 2 aromatic carbocycles. The number of nitrogens with one attached hydrogen (secondary N) is 1. The van der Waals surface area contributed by atoms with Crippen LogP contribution in [0.3, 0.4) is 0 Å². The van der Waals surface area contributed by atoms with E-state index in [1.807, 2.05) is 6.07 Å². The predicted octanol–water partition coefficient (Wildman–Crippen LogP) is 5.56. The molecule has 3 heterocycles. The Morgan fingerprint density at radius 3 is 2.37 bits per heavy atom. The number of hydrogen-bond donors (Lipinski definition) is 1. The number of aromatic nitrogens is 1. The number of imide groups is 2. The minimum atomic E-state index is -1.13. The van der Waals surface area contributed by atoms with Crippen molar-refractivity contribution in [2.75, 3.05) is 47.0 Å². The molecule has 0 aliphatic carbocycles. The Hall–Kier alpha value is -4.55. The van der Waals surface area contributed by atoms with Gasteiger partial charge in [-0.05, 0) is 80.4 Å². The molecule has 1 unspecified atom stereocenters. The first kappa shape index (κ1) is 32.8. The molecule has 1 aromatic heterocycles. The van der Waals surface area contributed by atoms with Gasteiger partial charge in [0, 0.05) is 38.0 Å². The highest BCUT2D eigenvalue weighted by atomic mass is 19.2. The van der Waals surface area contributed by atoms with Crippen molar-refractivity contribution in [3.63, 3.8) is 0 Å². The molecule has 0 radical (unpaired) electrons. The Morgan fingerprint density at radius 2 is 1.74 bits per heavy atom. The van der Waals surface area contributed by atoms with Crippen LogP contribution in [-0.4, -0.2) is 84.4 Å². The lowest BCUT2D eigenvalue weighted by molar-refractivity contribution is 0.107. The molecule has 5 rings (SSSR count). The van der Waals surface area contributed by atoms with E-state index in [1.54, 1.807) is 0 Å². The van der Waals surface area contributed by atoms with Gasteiger partial charge in [-0.3, -0.25) is 0 Å². The number of urea groups is 2. The summed E-state index contributed by atoms with van der Waals surface area (Å²) < 4.78 is 40.1. The summed E-state index contributed by atoms with van der Waals surface area (Å²) in [4.78, 5) is 43.5. The first-order chi connectivity index (χ1) is 22.2. The van der Waals surface area contributed by atoms with Crippen LogP contribution in [0.2, 0.25) is 0 Å². The lowest BCUT2D eigenvalue weighted by Crippen LogP contribution is -2.55. The van der Waals surface area contributed by atoms with Crippen LogP contribution in [0.5, 0.6) is 0 Å². The first-order valence-corrected chi connectivity index (χ1v) is 15.2. The van der Waals surface area contributed by atoms with Crippen molar-refractivity contribution in [2.24, 2.45) is 7.05 Å². The zero-order valence-corrected chi connectivity index (χ0v) is 26.2. The van der Waals surface area contributed by atoms with Gasteiger partial charge >= 0.3 is 18.2 Å². The normalized spacial score (nSPS) is 18.3. The van der Waals surface area contributed by atoms with E-state index in [-0.39, 0.29) is 29.8 Å². The van der Waals surface area contributed by atoms with Crippen LogP contribution in [0.25, 0.3) is 0 Å². The number of benzene rings is 2. The molecule has 3 aromatic rings. The van der Waals surface area contributed by atoms with Crippen molar-refractivity contribution in [1.29, 1.82) is 0 Å². The SMILES string of the molecule is COCC1=CC(c2ccc(F)c(F)c2)N(C(=O)NCCCN2CCC(c3ccccc3)(c3cccn3C)CC2)C(=O)N1C(=O)OC. The molecule has 1 N–H and O–H groups in total. The number of carbonyl (C=O) groups excluding carboxylic acids is 3. The number of nitrogens with zero attached hydrogens (tertiary/aromatic N) is 4. The largest absolute Gasteiger partial charge is 0.452 e. The van der Waals surface area contributed by atoms with E-state index >= 15 is 0 Å². The molecule has 244 valence electrons. The summed E-state index contributed by atoms with van der Waals surface area (Å²) in [7, 11) is 4.56. The molecule has 0 saturated carbocycles. The van der Waals surface area contributed by atoms with Gasteiger partial charge in [0.2, 0.25) is 0 Å². The summed E-state index contributed by atoms with van der Waals surface area (Å²) in [5, 5.41) is 2.77. The van der Waals surface area contributed by atoms with Gasteiger partial charge in [0.05, 0.1) is 25.5 Å². The second kappa shape index (κ2) is 14.3. The number of halogens is 2. The number of ether oxygens (including phenoxy) is 2. The Bertz CT molecular complexity index is 1590. The van der Waals surface area contributed by atoms with E-state index in [2.05, 4.69) is 64.4 Å². The van der Waals surface area contributed by atoms with Crippen molar-refractivity contribution in [3.05, 3.63) is 107 Å². The van der Waals surface area contributed by atoms with Gasteiger partial charge in [0.25, 0.3) is 0 Å². The molecule has 1 atom stereocenters. The van der Waals surface area contributed by atoms with Crippen molar-refractivity contribution in [2.45, 2.75) is 30.7 Å². The Kier molecular flexibility index (Phi) is 10.2. The third-order valence-electron chi connectivity index (χ3n) is 8.86. The number of likely N-dealkylation sites (tertiary alicyclic amines) is 1. The molecule has 2 aliphatic heterocycles. The van der Waals surface area contributed by atoms with Gasteiger partial charge in [0.15, 0.2) is 11.6 Å². The summed E-state index contributed by atoms with van der Waals surface area (Å²) in [5.41, 5.74) is 2.75. The van der Waals surface area contributed by atoms with Crippen LogP contribution >= 0.6 is 0 Å². The molecule has 1 fully saturated rings. The number of piperidine rings is 1. The number of carbonyl (C=O) groups is 3. The lowest BCUT2D eigenvalue weighted by atomic mass is 9.70. The highest BCUT2D eigenvalue weighted by molar-refractivity contribution is 6.03. The second-order valence-electron chi connectivity index (χ2n) is 11.5. The number of hydrogen-bond acceptors (Lipinski definition) is 6. The van der Waals surface area contributed by atoms with Crippen molar-refractivity contribution in [3.8, 4) is 0 Å². The van der Waals surface area contributed by atoms with Crippen LogP contribution in [-0.2, 0) is 21.9 Å². The Labute approximate surface area is 267 Å². The average Bonchev–Trinajstić information content (AvgIpc) is 3.51. The highest BCUT2D eigenvalue weighted by Crippen LogP contribution is 2.41. The summed E-state index contributed by atoms with van der Waals surface area (Å²) in [6.07, 6.45) is 4.99. The fourth-order valence-corrected chi connectivity index (χ4v) is 6.53. The second-order valence-corrected chi connectivity index (χ2v) is 11.5. The van der Waals surface area contributed by atoms with Gasteiger partial charge in [-0.15, -0.1) is 0 Å². The van der Waals surface area contributed by atoms with Gasteiger partial charge in [0.1, 0.15) is 0 Å². The summed E-state index contributed by atoms with van der Waals surface area (Å²) >= 11 is 0. The minimum absolute atomic E-state index is 0.0889. The molecule has 0 spiro atoms. The van der Waals surface area contributed by atoms with Gasteiger partial charge < -0.3 is 24.3 Å². The molecule has 0 bridgehead atoms. The number of rotatable bonds is 9. The molecular formula is C34H39F2N5O5.